The van der Waals surface area contributed by atoms with Crippen LogP contribution in [0, 0.1) is 0 Å². The summed E-state index contributed by atoms with van der Waals surface area (Å²) in [6.07, 6.45) is 13.0. The molecule has 0 rings (SSSR count). The van der Waals surface area contributed by atoms with Crippen LogP contribution in [0.4, 0.5) is 0 Å². The SMILES string of the molecule is C=CCOOCC(O)CO.CCCCCCCCCCCCO.O=C([O-])CCC(=O)[O-].[Na+].[Na+]. The number of aliphatic carboxylic acids is 2. The summed E-state index contributed by atoms with van der Waals surface area (Å²) in [5.74, 6) is -2.73. The van der Waals surface area contributed by atoms with Gasteiger partial charge in [0, 0.05) is 18.5 Å². The van der Waals surface area contributed by atoms with E-state index in [0.717, 1.165) is 6.42 Å². The van der Waals surface area contributed by atoms with Gasteiger partial charge in [0.25, 0.3) is 0 Å². The van der Waals surface area contributed by atoms with Crippen molar-refractivity contribution in [1.29, 1.82) is 0 Å². The van der Waals surface area contributed by atoms with Gasteiger partial charge in [-0.1, -0.05) is 70.8 Å². The smallest absolute Gasteiger partial charge is 0.550 e. The van der Waals surface area contributed by atoms with E-state index in [-0.39, 0.29) is 78.9 Å². The summed E-state index contributed by atoms with van der Waals surface area (Å²) in [6.45, 7) is 5.94. The molecule has 0 aliphatic rings. The van der Waals surface area contributed by atoms with Gasteiger partial charge in [-0.05, 0) is 19.3 Å². The minimum atomic E-state index is -1.37. The van der Waals surface area contributed by atoms with Crippen LogP contribution in [0.15, 0.2) is 12.7 Å². The largest absolute Gasteiger partial charge is 1.00 e. The number of aliphatic hydroxyl groups is 3. The van der Waals surface area contributed by atoms with Crippen molar-refractivity contribution in [1.82, 2.24) is 0 Å². The predicted octanol–water partition coefficient (Wildman–Crippen LogP) is -5.35. The number of hydrogen-bond donors (Lipinski definition) is 3. The summed E-state index contributed by atoms with van der Waals surface area (Å²) in [4.78, 5) is 27.9. The molecule has 0 saturated heterocycles. The molecule has 0 radical (unpaired) electrons. The first kappa shape index (κ1) is 43.5. The van der Waals surface area contributed by atoms with Gasteiger partial charge in [-0.15, -0.1) is 6.58 Å². The Bertz CT molecular complexity index is 376. The Kier molecular flexibility index (Phi) is 52.4. The van der Waals surface area contributed by atoms with Gasteiger partial charge in [-0.3, -0.25) is 0 Å². The minimum Gasteiger partial charge on any atom is -0.550 e. The van der Waals surface area contributed by atoms with Gasteiger partial charge < -0.3 is 35.1 Å². The van der Waals surface area contributed by atoms with Crippen LogP contribution in [0.3, 0.4) is 0 Å². The van der Waals surface area contributed by atoms with Gasteiger partial charge in [0.1, 0.15) is 19.3 Å². The Morgan fingerprint density at radius 1 is 0.848 bits per heavy atom. The van der Waals surface area contributed by atoms with Crippen LogP contribution >= 0.6 is 0 Å². The third-order valence-corrected chi connectivity index (χ3v) is 3.79. The molecule has 186 valence electrons. The van der Waals surface area contributed by atoms with Crippen molar-refractivity contribution in [2.24, 2.45) is 0 Å². The van der Waals surface area contributed by atoms with Crippen molar-refractivity contribution in [2.45, 2.75) is 90.1 Å². The molecular weight excluding hydrogens is 454 g/mol. The molecule has 3 N–H and O–H groups in total. The third-order valence-electron chi connectivity index (χ3n) is 3.79. The fourth-order valence-electron chi connectivity index (χ4n) is 2.08. The van der Waals surface area contributed by atoms with Gasteiger partial charge in [0.15, 0.2) is 0 Å². The maximum Gasteiger partial charge on any atom is 1.00 e. The first-order chi connectivity index (χ1) is 14.8. The van der Waals surface area contributed by atoms with E-state index in [1.807, 2.05) is 0 Å². The minimum absolute atomic E-state index is 0. The van der Waals surface area contributed by atoms with Gasteiger partial charge in [-0.25, -0.2) is 9.78 Å². The summed E-state index contributed by atoms with van der Waals surface area (Å²) in [5, 5.41) is 44.5. The van der Waals surface area contributed by atoms with E-state index in [9.17, 15) is 19.8 Å². The monoisotopic (exact) mass is 496 g/mol. The Hall–Kier alpha value is 0.480. The Balaban J connectivity index is -0.000000119. The summed E-state index contributed by atoms with van der Waals surface area (Å²) in [5.41, 5.74) is 0. The molecule has 0 aliphatic carbocycles. The Morgan fingerprint density at radius 3 is 1.61 bits per heavy atom. The summed E-state index contributed by atoms with van der Waals surface area (Å²) >= 11 is 0. The number of rotatable bonds is 19. The van der Waals surface area contributed by atoms with E-state index in [2.05, 4.69) is 23.3 Å². The average molecular weight is 497 g/mol. The van der Waals surface area contributed by atoms with E-state index in [1.165, 1.54) is 63.9 Å². The molecule has 0 saturated carbocycles. The molecule has 0 fully saturated rings. The Morgan fingerprint density at radius 2 is 1.27 bits per heavy atom. The molecule has 1 unspecified atom stereocenters. The predicted molar refractivity (Wildman–Crippen MR) is 113 cm³/mol. The number of unbranched alkanes of at least 4 members (excludes halogenated alkanes) is 9. The topological polar surface area (TPSA) is 159 Å². The molecule has 11 heteroatoms. The van der Waals surface area contributed by atoms with E-state index < -0.39 is 30.9 Å². The number of carbonyl (C=O) groups excluding carboxylic acids is 2. The molecule has 0 amide bonds. The third kappa shape index (κ3) is 54.7. The number of hydrogen-bond acceptors (Lipinski definition) is 9. The summed E-state index contributed by atoms with van der Waals surface area (Å²) < 4.78 is 0. The number of carboxylic acids is 2. The molecule has 0 aromatic heterocycles. The molecule has 0 spiro atoms. The zero-order valence-electron chi connectivity index (χ0n) is 21.0. The molecular formula is C22H42Na2O9. The Labute approximate surface area is 243 Å². The van der Waals surface area contributed by atoms with E-state index in [0.29, 0.717) is 6.61 Å². The zero-order chi connectivity index (χ0) is 24.2. The molecule has 0 bridgehead atoms. The number of carbonyl (C=O) groups is 2. The van der Waals surface area contributed by atoms with Crippen LogP contribution < -0.4 is 69.3 Å². The molecule has 0 heterocycles. The zero-order valence-corrected chi connectivity index (χ0v) is 25.0. The van der Waals surface area contributed by atoms with Crippen molar-refractivity contribution in [3.63, 3.8) is 0 Å². The molecule has 0 aromatic carbocycles. The quantitative estimate of drug-likeness (QED) is 0.0522. The van der Waals surface area contributed by atoms with Crippen molar-refractivity contribution < 1.29 is 104 Å². The van der Waals surface area contributed by atoms with Crippen molar-refractivity contribution >= 4 is 11.9 Å². The maximum atomic E-state index is 9.50. The number of carboxylic acid groups (broad SMARTS) is 2. The van der Waals surface area contributed by atoms with Gasteiger partial charge >= 0.3 is 59.1 Å². The summed E-state index contributed by atoms with van der Waals surface area (Å²) in [6, 6.07) is 0. The van der Waals surface area contributed by atoms with Crippen LogP contribution in [0.1, 0.15) is 84.0 Å². The molecule has 1 atom stereocenters. The van der Waals surface area contributed by atoms with E-state index in [4.69, 9.17) is 15.3 Å². The van der Waals surface area contributed by atoms with Crippen LogP contribution in [0.25, 0.3) is 0 Å². The van der Waals surface area contributed by atoms with Crippen molar-refractivity contribution in [3.8, 4) is 0 Å². The second-order valence-corrected chi connectivity index (χ2v) is 6.84. The van der Waals surface area contributed by atoms with Crippen molar-refractivity contribution in [2.75, 3.05) is 26.4 Å². The second kappa shape index (κ2) is 39.7. The van der Waals surface area contributed by atoms with E-state index >= 15 is 0 Å². The van der Waals surface area contributed by atoms with Crippen LogP contribution in [0.2, 0.25) is 0 Å². The van der Waals surface area contributed by atoms with Crippen molar-refractivity contribution in [3.05, 3.63) is 12.7 Å². The molecule has 33 heavy (non-hydrogen) atoms. The van der Waals surface area contributed by atoms with Crippen LogP contribution in [-0.2, 0) is 19.4 Å². The average Bonchev–Trinajstić information content (AvgIpc) is 2.75. The summed E-state index contributed by atoms with van der Waals surface area (Å²) in [7, 11) is 0. The van der Waals surface area contributed by atoms with Gasteiger partial charge in [-0.2, -0.15) is 0 Å². The first-order valence-electron chi connectivity index (χ1n) is 11.0. The first-order valence-corrected chi connectivity index (χ1v) is 11.0. The van der Waals surface area contributed by atoms with Gasteiger partial charge in [0.05, 0.1) is 6.61 Å². The second-order valence-electron chi connectivity index (χ2n) is 6.84. The molecule has 0 aliphatic heterocycles. The van der Waals surface area contributed by atoms with E-state index in [1.54, 1.807) is 0 Å². The fraction of sp³-hybridized carbons (Fsp3) is 0.818. The maximum absolute atomic E-state index is 9.50. The molecule has 0 aromatic rings. The standard InChI is InChI=1S/C12H26O.C6H12O4.C4H6O4.2Na/c1-2-3-4-5-6-7-8-9-10-11-12-13;1-2-3-9-10-5-6(8)4-7;5-3(6)1-2-4(7)8;;/h13H,2-12H2,1H3;2,6-8H,1,3-5H2;1-2H2,(H,5,6)(H,7,8);;/q;;;2*+1/p-2. The fourth-order valence-corrected chi connectivity index (χ4v) is 2.08. The normalized spacial score (nSPS) is 10.2. The van der Waals surface area contributed by atoms with Crippen LogP contribution in [-0.4, -0.2) is 59.8 Å². The van der Waals surface area contributed by atoms with Crippen LogP contribution in [0.5, 0.6) is 0 Å². The number of aliphatic hydroxyl groups excluding tert-OH is 3. The molecule has 9 nitrogen and oxygen atoms in total. The van der Waals surface area contributed by atoms with Gasteiger partial charge in [0.2, 0.25) is 0 Å².